The highest BCUT2D eigenvalue weighted by molar-refractivity contribution is 6.20. The second-order valence-electron chi connectivity index (χ2n) is 4.71. The van der Waals surface area contributed by atoms with Crippen molar-refractivity contribution >= 4 is 22.6 Å². The molecule has 0 fully saturated rings. The summed E-state index contributed by atoms with van der Waals surface area (Å²) in [6.45, 7) is 1.50. The Balaban J connectivity index is 2.41. The minimum atomic E-state index is -4.28. The van der Waals surface area contributed by atoms with Crippen LogP contribution in [0.3, 0.4) is 0 Å². The van der Waals surface area contributed by atoms with Gasteiger partial charge >= 0.3 is 6.18 Å². The van der Waals surface area contributed by atoms with E-state index in [1.54, 1.807) is 6.92 Å². The minimum absolute atomic E-state index is 0.0642. The van der Waals surface area contributed by atoms with Crippen molar-refractivity contribution < 1.29 is 22.0 Å². The van der Waals surface area contributed by atoms with E-state index >= 15 is 0 Å². The molecule has 0 bridgehead atoms. The van der Waals surface area contributed by atoms with Crippen LogP contribution in [0.25, 0.3) is 11.0 Å². The van der Waals surface area contributed by atoms with Crippen molar-refractivity contribution in [1.29, 1.82) is 0 Å². The van der Waals surface area contributed by atoms with Crippen molar-refractivity contribution in [1.82, 2.24) is 9.55 Å². The summed E-state index contributed by atoms with van der Waals surface area (Å²) in [6, 6.07) is 1.72. The normalized spacial score (nSPS) is 13.9. The lowest BCUT2D eigenvalue weighted by molar-refractivity contribution is -0.135. The number of hydrogen-bond acceptors (Lipinski definition) is 1. The van der Waals surface area contributed by atoms with Crippen molar-refractivity contribution in [3.63, 3.8) is 0 Å². The van der Waals surface area contributed by atoms with E-state index in [1.165, 1.54) is 4.57 Å². The lowest BCUT2D eigenvalue weighted by Crippen LogP contribution is -2.11. The van der Waals surface area contributed by atoms with Gasteiger partial charge in [-0.1, -0.05) is 0 Å². The maximum atomic E-state index is 13.7. The summed E-state index contributed by atoms with van der Waals surface area (Å²) >= 11 is 5.92. The van der Waals surface area contributed by atoms with Crippen molar-refractivity contribution in [2.75, 3.05) is 0 Å². The number of halogens is 6. The van der Waals surface area contributed by atoms with E-state index in [9.17, 15) is 22.0 Å². The van der Waals surface area contributed by atoms with Crippen LogP contribution >= 0.6 is 11.6 Å². The fourth-order valence-electron chi connectivity index (χ4n) is 2.14. The summed E-state index contributed by atoms with van der Waals surface area (Å²) in [7, 11) is 0. The Bertz CT molecular complexity index is 648. The SMILES string of the molecule is CC(Cl)c1nc2c(F)cc(F)cc2n1CCCC(F)(F)F. The number of aryl methyl sites for hydroxylation is 1. The van der Waals surface area contributed by atoms with Gasteiger partial charge in [0.25, 0.3) is 0 Å². The Labute approximate surface area is 122 Å². The van der Waals surface area contributed by atoms with Gasteiger partial charge in [0.1, 0.15) is 17.2 Å². The predicted molar refractivity (Wildman–Crippen MR) is 69.2 cm³/mol. The number of benzene rings is 1. The smallest absolute Gasteiger partial charge is 0.327 e. The fourth-order valence-corrected chi connectivity index (χ4v) is 2.31. The summed E-state index contributed by atoms with van der Waals surface area (Å²) in [5, 5.41) is -0.634. The van der Waals surface area contributed by atoms with Crippen LogP contribution in [0.4, 0.5) is 22.0 Å². The van der Waals surface area contributed by atoms with Crippen molar-refractivity contribution in [2.45, 2.75) is 37.9 Å². The number of imidazole rings is 1. The summed E-state index contributed by atoms with van der Waals surface area (Å²) in [4.78, 5) is 3.98. The zero-order chi connectivity index (χ0) is 15.8. The van der Waals surface area contributed by atoms with Gasteiger partial charge in [-0.05, 0) is 19.4 Å². The topological polar surface area (TPSA) is 17.8 Å². The maximum absolute atomic E-state index is 13.7. The Morgan fingerprint density at radius 3 is 2.52 bits per heavy atom. The summed E-state index contributed by atoms with van der Waals surface area (Å²) < 4.78 is 65.0. The second kappa shape index (κ2) is 5.79. The molecule has 0 saturated heterocycles. The van der Waals surface area contributed by atoms with Crippen LogP contribution in [0.5, 0.6) is 0 Å². The molecule has 0 N–H and O–H groups in total. The van der Waals surface area contributed by atoms with E-state index in [2.05, 4.69) is 4.98 Å². The van der Waals surface area contributed by atoms with Crippen molar-refractivity contribution in [2.24, 2.45) is 0 Å². The first-order valence-corrected chi connectivity index (χ1v) is 6.68. The second-order valence-corrected chi connectivity index (χ2v) is 5.37. The van der Waals surface area contributed by atoms with E-state index in [0.29, 0.717) is 6.07 Å². The average Bonchev–Trinajstić information content (AvgIpc) is 2.67. The first-order chi connectivity index (χ1) is 9.69. The van der Waals surface area contributed by atoms with Gasteiger partial charge in [-0.15, -0.1) is 11.6 Å². The standard InChI is InChI=1S/C13H12ClF5N2/c1-7(14)12-20-11-9(16)5-8(15)6-10(11)21(12)4-2-3-13(17,18)19/h5-7H,2-4H2,1H3. The van der Waals surface area contributed by atoms with Gasteiger partial charge in [0.2, 0.25) is 0 Å². The van der Waals surface area contributed by atoms with E-state index < -0.39 is 29.6 Å². The first kappa shape index (κ1) is 16.0. The Kier molecular flexibility index (Phi) is 4.41. The molecule has 0 radical (unpaired) electrons. The van der Waals surface area contributed by atoms with Crippen molar-refractivity contribution in [3.8, 4) is 0 Å². The molecule has 0 saturated carbocycles. The summed E-state index contributed by atoms with van der Waals surface area (Å²) in [5.74, 6) is -1.46. The molecule has 116 valence electrons. The number of rotatable bonds is 4. The lowest BCUT2D eigenvalue weighted by atomic mass is 10.2. The van der Waals surface area contributed by atoms with Gasteiger partial charge in [0.15, 0.2) is 5.82 Å². The van der Waals surface area contributed by atoms with Gasteiger partial charge in [-0.3, -0.25) is 0 Å². The first-order valence-electron chi connectivity index (χ1n) is 6.25. The van der Waals surface area contributed by atoms with Crippen LogP contribution in [0, 0.1) is 11.6 Å². The molecule has 1 heterocycles. The monoisotopic (exact) mass is 326 g/mol. The minimum Gasteiger partial charge on any atom is -0.327 e. The molecule has 1 unspecified atom stereocenters. The molecule has 2 aromatic rings. The Hall–Kier alpha value is -1.37. The van der Waals surface area contributed by atoms with E-state index in [1.807, 2.05) is 0 Å². The quantitative estimate of drug-likeness (QED) is 0.574. The van der Waals surface area contributed by atoms with E-state index in [4.69, 9.17) is 11.6 Å². The third kappa shape index (κ3) is 3.64. The number of fused-ring (bicyclic) bond motifs is 1. The van der Waals surface area contributed by atoms with Gasteiger partial charge in [-0.25, -0.2) is 13.8 Å². The molecular formula is C13H12ClF5N2. The third-order valence-electron chi connectivity index (χ3n) is 3.00. The molecular weight excluding hydrogens is 315 g/mol. The lowest BCUT2D eigenvalue weighted by Gasteiger charge is -2.11. The van der Waals surface area contributed by atoms with Gasteiger partial charge in [0, 0.05) is 19.0 Å². The van der Waals surface area contributed by atoms with Crippen LogP contribution in [0.15, 0.2) is 12.1 Å². The predicted octanol–water partition coefficient (Wildman–Crippen LogP) is 4.96. The zero-order valence-electron chi connectivity index (χ0n) is 11.0. The molecule has 21 heavy (non-hydrogen) atoms. The fraction of sp³-hybridized carbons (Fsp3) is 0.462. The maximum Gasteiger partial charge on any atom is 0.389 e. The summed E-state index contributed by atoms with van der Waals surface area (Å²) in [6.07, 6.45) is -5.48. The highest BCUT2D eigenvalue weighted by atomic mass is 35.5. The molecule has 1 aromatic carbocycles. The number of aromatic nitrogens is 2. The molecule has 0 aliphatic rings. The van der Waals surface area contributed by atoms with Gasteiger partial charge in [-0.2, -0.15) is 13.2 Å². The Morgan fingerprint density at radius 1 is 1.29 bits per heavy atom. The van der Waals surface area contributed by atoms with Crippen LogP contribution in [0.1, 0.15) is 31.0 Å². The molecule has 0 aliphatic heterocycles. The number of hydrogen-bond donors (Lipinski definition) is 0. The largest absolute Gasteiger partial charge is 0.389 e. The number of alkyl halides is 4. The molecule has 1 atom stereocenters. The third-order valence-corrected chi connectivity index (χ3v) is 3.19. The zero-order valence-corrected chi connectivity index (χ0v) is 11.8. The molecule has 0 spiro atoms. The highest BCUT2D eigenvalue weighted by Crippen LogP contribution is 2.28. The molecule has 1 aromatic heterocycles. The Morgan fingerprint density at radius 2 is 1.95 bits per heavy atom. The van der Waals surface area contributed by atoms with Crippen LogP contribution in [-0.4, -0.2) is 15.7 Å². The van der Waals surface area contributed by atoms with Crippen LogP contribution < -0.4 is 0 Å². The molecule has 0 amide bonds. The van der Waals surface area contributed by atoms with Gasteiger partial charge < -0.3 is 4.57 Å². The van der Waals surface area contributed by atoms with Crippen molar-refractivity contribution in [3.05, 3.63) is 29.6 Å². The van der Waals surface area contributed by atoms with Crippen LogP contribution in [0.2, 0.25) is 0 Å². The molecule has 2 rings (SSSR count). The molecule has 8 heteroatoms. The van der Waals surface area contributed by atoms with Gasteiger partial charge in [0.05, 0.1) is 10.9 Å². The molecule has 0 aliphatic carbocycles. The average molecular weight is 327 g/mol. The summed E-state index contributed by atoms with van der Waals surface area (Å²) in [5.41, 5.74) is 0.0167. The van der Waals surface area contributed by atoms with E-state index in [0.717, 1.165) is 6.07 Å². The molecule has 2 nitrogen and oxygen atoms in total. The van der Waals surface area contributed by atoms with E-state index in [-0.39, 0.29) is 29.8 Å². The van der Waals surface area contributed by atoms with Crippen LogP contribution in [-0.2, 0) is 6.54 Å². The highest BCUT2D eigenvalue weighted by Gasteiger charge is 2.27. The number of nitrogens with zero attached hydrogens (tertiary/aromatic N) is 2.